The summed E-state index contributed by atoms with van der Waals surface area (Å²) in [5, 5.41) is 0. The molecule has 4 heteroatoms. The van der Waals surface area contributed by atoms with Gasteiger partial charge in [-0.2, -0.15) is 0 Å². The third kappa shape index (κ3) is 3.47. The third-order valence-electron chi connectivity index (χ3n) is 2.31. The number of pyridine rings is 1. The van der Waals surface area contributed by atoms with Gasteiger partial charge in [0, 0.05) is 24.4 Å². The second kappa shape index (κ2) is 6.45. The van der Waals surface area contributed by atoms with Gasteiger partial charge in [0.1, 0.15) is 6.61 Å². The number of ether oxygens (including phenoxy) is 2. The van der Waals surface area contributed by atoms with E-state index in [1.807, 2.05) is 26.8 Å². The molecule has 0 spiro atoms. The number of hydrogen-bond acceptors (Lipinski definition) is 4. The first-order valence-corrected chi connectivity index (χ1v) is 5.56. The van der Waals surface area contributed by atoms with Crippen LogP contribution in [0.5, 0.6) is 5.88 Å². The molecule has 1 heterocycles. The molecule has 0 fully saturated rings. The van der Waals surface area contributed by atoms with Crippen molar-refractivity contribution in [3.63, 3.8) is 0 Å². The fourth-order valence-electron chi connectivity index (χ4n) is 1.54. The Balaban J connectivity index is 2.69. The maximum Gasteiger partial charge on any atom is 0.218 e. The summed E-state index contributed by atoms with van der Waals surface area (Å²) in [7, 11) is 0. The Kier molecular flexibility index (Phi) is 5.22. The van der Waals surface area contributed by atoms with E-state index in [-0.39, 0.29) is 0 Å². The molecule has 0 saturated heterocycles. The van der Waals surface area contributed by atoms with E-state index >= 15 is 0 Å². The van der Waals surface area contributed by atoms with Crippen molar-refractivity contribution < 1.29 is 9.47 Å². The highest BCUT2D eigenvalue weighted by atomic mass is 16.5. The molecule has 0 atom stereocenters. The number of nitrogens with zero attached hydrogens (tertiary/aromatic N) is 1. The second-order valence-corrected chi connectivity index (χ2v) is 3.61. The Bertz CT molecular complexity index is 340. The van der Waals surface area contributed by atoms with Crippen molar-refractivity contribution in [3.05, 3.63) is 22.9 Å². The lowest BCUT2D eigenvalue weighted by atomic mass is 10.1. The van der Waals surface area contributed by atoms with Crippen LogP contribution in [0.4, 0.5) is 0 Å². The van der Waals surface area contributed by atoms with Gasteiger partial charge in [-0.25, -0.2) is 4.98 Å². The van der Waals surface area contributed by atoms with Gasteiger partial charge >= 0.3 is 0 Å². The molecule has 0 saturated carbocycles. The fraction of sp³-hybridized carbons (Fsp3) is 0.583. The minimum Gasteiger partial charge on any atom is -0.475 e. The summed E-state index contributed by atoms with van der Waals surface area (Å²) >= 11 is 0. The Morgan fingerprint density at radius 1 is 1.31 bits per heavy atom. The smallest absolute Gasteiger partial charge is 0.218 e. The molecular formula is C12H20N2O2. The van der Waals surface area contributed by atoms with Crippen molar-refractivity contribution in [1.29, 1.82) is 0 Å². The average Bonchev–Trinajstić information content (AvgIpc) is 2.24. The topological polar surface area (TPSA) is 57.4 Å². The van der Waals surface area contributed by atoms with E-state index in [4.69, 9.17) is 15.2 Å². The zero-order valence-electron chi connectivity index (χ0n) is 10.2. The van der Waals surface area contributed by atoms with Crippen molar-refractivity contribution in [2.45, 2.75) is 27.3 Å². The standard InChI is InChI=1S/C12H20N2O2/c1-4-15-5-6-16-12-11(8-13)9(2)7-10(3)14-12/h7H,4-6,8,13H2,1-3H3. The zero-order chi connectivity index (χ0) is 12.0. The number of aromatic nitrogens is 1. The molecule has 0 bridgehead atoms. The molecule has 0 radical (unpaired) electrons. The van der Waals surface area contributed by atoms with Gasteiger partial charge in [0.2, 0.25) is 5.88 Å². The molecule has 90 valence electrons. The maximum absolute atomic E-state index is 5.68. The summed E-state index contributed by atoms with van der Waals surface area (Å²) in [4.78, 5) is 4.34. The van der Waals surface area contributed by atoms with E-state index < -0.39 is 0 Å². The van der Waals surface area contributed by atoms with Gasteiger partial charge < -0.3 is 15.2 Å². The Morgan fingerprint density at radius 2 is 2.06 bits per heavy atom. The van der Waals surface area contributed by atoms with Crippen LogP contribution in [0.25, 0.3) is 0 Å². The number of nitrogens with two attached hydrogens (primary N) is 1. The average molecular weight is 224 g/mol. The molecule has 2 N–H and O–H groups in total. The van der Waals surface area contributed by atoms with E-state index in [1.54, 1.807) is 0 Å². The molecule has 1 rings (SSSR count). The van der Waals surface area contributed by atoms with E-state index in [9.17, 15) is 0 Å². The molecule has 0 aliphatic carbocycles. The van der Waals surface area contributed by atoms with Gasteiger partial charge in [0.15, 0.2) is 0 Å². The highest BCUT2D eigenvalue weighted by molar-refractivity contribution is 5.35. The predicted molar refractivity (Wildman–Crippen MR) is 63.6 cm³/mol. The van der Waals surface area contributed by atoms with Crippen LogP contribution in [0, 0.1) is 13.8 Å². The molecule has 1 aromatic heterocycles. The molecule has 0 aliphatic rings. The summed E-state index contributed by atoms with van der Waals surface area (Å²) in [6.07, 6.45) is 0. The fourth-order valence-corrected chi connectivity index (χ4v) is 1.54. The largest absolute Gasteiger partial charge is 0.475 e. The lowest BCUT2D eigenvalue weighted by Gasteiger charge is -2.12. The van der Waals surface area contributed by atoms with Gasteiger partial charge in [-0.15, -0.1) is 0 Å². The minimum atomic E-state index is 0.448. The third-order valence-corrected chi connectivity index (χ3v) is 2.31. The monoisotopic (exact) mass is 224 g/mol. The van der Waals surface area contributed by atoms with Gasteiger partial charge in [0.25, 0.3) is 0 Å². The molecule has 0 unspecified atom stereocenters. The van der Waals surface area contributed by atoms with Crippen LogP contribution in [0.15, 0.2) is 6.07 Å². The Morgan fingerprint density at radius 3 is 2.69 bits per heavy atom. The van der Waals surface area contributed by atoms with Crippen LogP contribution >= 0.6 is 0 Å². The van der Waals surface area contributed by atoms with E-state index in [0.29, 0.717) is 32.2 Å². The highest BCUT2D eigenvalue weighted by Gasteiger charge is 2.08. The molecule has 0 aliphatic heterocycles. The predicted octanol–water partition coefficient (Wildman–Crippen LogP) is 1.57. The Labute approximate surface area is 96.8 Å². The zero-order valence-corrected chi connectivity index (χ0v) is 10.2. The van der Waals surface area contributed by atoms with Crippen LogP contribution in [0.1, 0.15) is 23.7 Å². The molecule has 1 aromatic rings. The van der Waals surface area contributed by atoms with Crippen LogP contribution < -0.4 is 10.5 Å². The first kappa shape index (κ1) is 12.9. The lowest BCUT2D eigenvalue weighted by molar-refractivity contribution is 0.108. The van der Waals surface area contributed by atoms with Crippen molar-refractivity contribution in [1.82, 2.24) is 4.98 Å². The quantitative estimate of drug-likeness (QED) is 0.745. The lowest BCUT2D eigenvalue weighted by Crippen LogP contribution is -2.11. The normalized spacial score (nSPS) is 10.5. The SMILES string of the molecule is CCOCCOc1nc(C)cc(C)c1CN. The van der Waals surface area contributed by atoms with Crippen LogP contribution in [-0.4, -0.2) is 24.8 Å². The van der Waals surface area contributed by atoms with Crippen LogP contribution in [0.2, 0.25) is 0 Å². The van der Waals surface area contributed by atoms with Gasteiger partial charge in [-0.1, -0.05) is 0 Å². The molecular weight excluding hydrogens is 204 g/mol. The summed E-state index contributed by atoms with van der Waals surface area (Å²) in [5.41, 5.74) is 8.73. The van der Waals surface area contributed by atoms with Crippen molar-refractivity contribution >= 4 is 0 Å². The van der Waals surface area contributed by atoms with Gasteiger partial charge in [-0.05, 0) is 32.4 Å². The summed E-state index contributed by atoms with van der Waals surface area (Å²) in [5.74, 6) is 0.639. The van der Waals surface area contributed by atoms with Crippen molar-refractivity contribution in [3.8, 4) is 5.88 Å². The molecule has 0 aromatic carbocycles. The summed E-state index contributed by atoms with van der Waals surface area (Å²) < 4.78 is 10.8. The number of hydrogen-bond donors (Lipinski definition) is 1. The number of aryl methyl sites for hydroxylation is 2. The minimum absolute atomic E-state index is 0.448. The summed E-state index contributed by atoms with van der Waals surface area (Å²) in [6.45, 7) is 8.16. The molecule has 16 heavy (non-hydrogen) atoms. The van der Waals surface area contributed by atoms with E-state index in [2.05, 4.69) is 4.98 Å². The van der Waals surface area contributed by atoms with Crippen LogP contribution in [0.3, 0.4) is 0 Å². The van der Waals surface area contributed by atoms with Crippen LogP contribution in [-0.2, 0) is 11.3 Å². The highest BCUT2D eigenvalue weighted by Crippen LogP contribution is 2.20. The molecule has 4 nitrogen and oxygen atoms in total. The second-order valence-electron chi connectivity index (χ2n) is 3.61. The van der Waals surface area contributed by atoms with Gasteiger partial charge in [0.05, 0.1) is 6.61 Å². The maximum atomic E-state index is 5.68. The summed E-state index contributed by atoms with van der Waals surface area (Å²) in [6, 6.07) is 2.01. The first-order valence-electron chi connectivity index (χ1n) is 5.56. The molecule has 0 amide bonds. The van der Waals surface area contributed by atoms with Crippen molar-refractivity contribution in [2.75, 3.05) is 19.8 Å². The van der Waals surface area contributed by atoms with E-state index in [1.165, 1.54) is 0 Å². The van der Waals surface area contributed by atoms with Gasteiger partial charge in [-0.3, -0.25) is 0 Å². The van der Waals surface area contributed by atoms with Crippen molar-refractivity contribution in [2.24, 2.45) is 5.73 Å². The number of rotatable bonds is 6. The first-order chi connectivity index (χ1) is 7.69. The van der Waals surface area contributed by atoms with E-state index in [0.717, 1.165) is 16.8 Å². The Hall–Kier alpha value is -1.13.